The van der Waals surface area contributed by atoms with Crippen LogP contribution < -0.4 is 0 Å². The molecule has 5 rings (SSSR count). The van der Waals surface area contributed by atoms with Crippen LogP contribution in [0.15, 0.2) is 0 Å². The average molecular weight is 412 g/mol. The molecule has 4 bridgehead atoms. The summed E-state index contributed by atoms with van der Waals surface area (Å²) in [6, 6.07) is 0. The molecule has 1 saturated heterocycles. The highest BCUT2D eigenvalue weighted by atomic mass is 19.4. The van der Waals surface area contributed by atoms with Crippen molar-refractivity contribution in [3.8, 4) is 0 Å². The van der Waals surface area contributed by atoms with Crippen molar-refractivity contribution in [1.82, 2.24) is 0 Å². The molecule has 5 aliphatic rings. The van der Waals surface area contributed by atoms with Gasteiger partial charge in [0.15, 0.2) is 0 Å². The molecule has 1 aliphatic heterocycles. The van der Waals surface area contributed by atoms with Gasteiger partial charge in [0, 0.05) is 0 Å². The van der Waals surface area contributed by atoms with Crippen LogP contribution in [0.1, 0.15) is 45.4 Å². The predicted octanol–water partition coefficient (Wildman–Crippen LogP) is 5.36. The van der Waals surface area contributed by atoms with Crippen LogP contribution in [0, 0.1) is 41.4 Å². The lowest BCUT2D eigenvalue weighted by atomic mass is 9.65. The molecule has 0 spiro atoms. The van der Waals surface area contributed by atoms with E-state index in [1.807, 2.05) is 0 Å². The van der Waals surface area contributed by atoms with Crippen molar-refractivity contribution in [2.24, 2.45) is 41.4 Å². The Balaban J connectivity index is 1.42. The molecule has 0 amide bonds. The summed E-state index contributed by atoms with van der Waals surface area (Å²) in [7, 11) is 0. The Morgan fingerprint density at radius 1 is 0.893 bits per heavy atom. The molecule has 4 aliphatic carbocycles. The molecule has 0 aromatic rings. The van der Waals surface area contributed by atoms with E-state index in [1.54, 1.807) is 0 Å². The highest BCUT2D eigenvalue weighted by Crippen LogP contribution is 2.70. The second-order valence-electron chi connectivity index (χ2n) is 9.86. The van der Waals surface area contributed by atoms with Crippen molar-refractivity contribution in [1.29, 1.82) is 0 Å². The Morgan fingerprint density at radius 3 is 2.07 bits per heavy atom. The van der Waals surface area contributed by atoms with Crippen LogP contribution in [-0.4, -0.2) is 36.8 Å². The molecular weight excluding hydrogens is 386 g/mol. The van der Waals surface area contributed by atoms with Gasteiger partial charge in [-0.25, -0.2) is 0 Å². The van der Waals surface area contributed by atoms with Gasteiger partial charge < -0.3 is 9.47 Å². The smallest absolute Gasteiger partial charge is 0.370 e. The van der Waals surface area contributed by atoms with Crippen LogP contribution in [-0.2, 0) is 9.47 Å². The third kappa shape index (κ3) is 2.69. The summed E-state index contributed by atoms with van der Waals surface area (Å²) in [6.07, 6.45) is -9.23. The van der Waals surface area contributed by atoms with Crippen molar-refractivity contribution >= 4 is 0 Å². The van der Waals surface area contributed by atoms with Gasteiger partial charge >= 0.3 is 12.4 Å². The van der Waals surface area contributed by atoms with E-state index in [4.69, 9.17) is 9.47 Å². The molecule has 28 heavy (non-hydrogen) atoms. The molecule has 8 heteroatoms. The first-order chi connectivity index (χ1) is 13.0. The maximum absolute atomic E-state index is 13.9. The van der Waals surface area contributed by atoms with E-state index in [1.165, 1.54) is 13.3 Å². The minimum absolute atomic E-state index is 0.00884. The molecule has 1 heterocycles. The van der Waals surface area contributed by atoms with Gasteiger partial charge in [-0.3, -0.25) is 0 Å². The number of fused-ring (bicyclic) bond motifs is 9. The summed E-state index contributed by atoms with van der Waals surface area (Å²) < 4.78 is 93.4. The van der Waals surface area contributed by atoms with E-state index in [2.05, 4.69) is 0 Å². The second kappa shape index (κ2) is 6.02. The largest absolute Gasteiger partial charge is 0.426 e. The van der Waals surface area contributed by atoms with Crippen molar-refractivity contribution in [2.45, 2.75) is 75.6 Å². The molecule has 0 radical (unpaired) electrons. The Hall–Kier alpha value is -0.500. The third-order valence-electron chi connectivity index (χ3n) is 8.61. The molecular formula is C20H26F6O2. The summed E-state index contributed by atoms with van der Waals surface area (Å²) in [6.45, 7) is 1.39. The standard InChI is InChI=1S/C20H26F6O2/c1-9(15-8-27-15)28-18(19(21,22)23,20(24,25)26)7-13-5-12-6-14(13)17-11-3-2-10(4-11)16(12)17/h9-17H,2-8H2,1H3. The van der Waals surface area contributed by atoms with Crippen LogP contribution >= 0.6 is 0 Å². The SMILES string of the molecule is CC(OC(CC1CC2CC1C1C3CCC(C3)C21)(C(F)(F)F)C(F)(F)F)C1CO1. The van der Waals surface area contributed by atoms with Crippen LogP contribution in [0.5, 0.6) is 0 Å². The van der Waals surface area contributed by atoms with E-state index in [0.29, 0.717) is 36.0 Å². The van der Waals surface area contributed by atoms with Crippen molar-refractivity contribution in [2.75, 3.05) is 6.61 Å². The number of epoxide rings is 1. The summed E-state index contributed by atoms with van der Waals surface area (Å²) in [5.74, 6) is 1.78. The molecule has 0 aromatic carbocycles. The molecule has 0 aromatic heterocycles. The zero-order valence-electron chi connectivity index (χ0n) is 15.7. The quantitative estimate of drug-likeness (QED) is 0.344. The molecule has 0 N–H and O–H groups in total. The first kappa shape index (κ1) is 19.5. The zero-order chi connectivity index (χ0) is 20.1. The fourth-order valence-corrected chi connectivity index (χ4v) is 7.60. The fraction of sp³-hybridized carbons (Fsp3) is 1.00. The van der Waals surface area contributed by atoms with Gasteiger partial charge in [-0.1, -0.05) is 0 Å². The van der Waals surface area contributed by atoms with Crippen molar-refractivity contribution in [3.05, 3.63) is 0 Å². The van der Waals surface area contributed by atoms with Crippen LogP contribution in [0.2, 0.25) is 0 Å². The van der Waals surface area contributed by atoms with E-state index >= 15 is 0 Å². The van der Waals surface area contributed by atoms with Gasteiger partial charge in [0.25, 0.3) is 5.60 Å². The molecule has 9 atom stereocenters. The average Bonchev–Trinajstić information content (AvgIpc) is 2.94. The van der Waals surface area contributed by atoms with E-state index < -0.39 is 42.5 Å². The lowest BCUT2D eigenvalue weighted by Crippen LogP contribution is -2.61. The molecule has 9 unspecified atom stereocenters. The predicted molar refractivity (Wildman–Crippen MR) is 87.3 cm³/mol. The first-order valence-electron chi connectivity index (χ1n) is 10.4. The van der Waals surface area contributed by atoms with Gasteiger partial charge in [-0.15, -0.1) is 0 Å². The number of halogens is 6. The minimum Gasteiger partial charge on any atom is -0.370 e. The first-order valence-corrected chi connectivity index (χ1v) is 10.4. The summed E-state index contributed by atoms with van der Waals surface area (Å²) in [5, 5.41) is 0. The molecule has 4 saturated carbocycles. The normalized spacial score (nSPS) is 45.5. The van der Waals surface area contributed by atoms with Gasteiger partial charge in [0.2, 0.25) is 0 Å². The highest BCUT2D eigenvalue weighted by Gasteiger charge is 2.75. The fourth-order valence-electron chi connectivity index (χ4n) is 7.60. The monoisotopic (exact) mass is 412 g/mol. The Labute approximate surface area is 160 Å². The maximum atomic E-state index is 13.9. The number of rotatable bonds is 5. The van der Waals surface area contributed by atoms with Crippen LogP contribution in [0.4, 0.5) is 26.3 Å². The summed E-state index contributed by atoms with van der Waals surface area (Å²) in [5.41, 5.74) is -4.10. The molecule has 2 nitrogen and oxygen atoms in total. The molecule has 160 valence electrons. The third-order valence-corrected chi connectivity index (χ3v) is 8.61. The lowest BCUT2D eigenvalue weighted by molar-refractivity contribution is -0.395. The minimum atomic E-state index is -5.51. The maximum Gasteiger partial charge on any atom is 0.426 e. The summed E-state index contributed by atoms with van der Waals surface area (Å²) in [4.78, 5) is 0. The number of hydrogen-bond donors (Lipinski definition) is 0. The topological polar surface area (TPSA) is 21.8 Å². The van der Waals surface area contributed by atoms with Crippen molar-refractivity contribution in [3.63, 3.8) is 0 Å². The zero-order valence-corrected chi connectivity index (χ0v) is 15.7. The van der Waals surface area contributed by atoms with Crippen LogP contribution in [0.3, 0.4) is 0 Å². The van der Waals surface area contributed by atoms with E-state index in [-0.39, 0.29) is 12.5 Å². The van der Waals surface area contributed by atoms with E-state index in [0.717, 1.165) is 19.3 Å². The molecule has 5 fully saturated rings. The van der Waals surface area contributed by atoms with Gasteiger partial charge in [0.05, 0.1) is 12.7 Å². The van der Waals surface area contributed by atoms with Crippen molar-refractivity contribution < 1.29 is 35.8 Å². The van der Waals surface area contributed by atoms with Gasteiger partial charge in [-0.05, 0) is 86.9 Å². The Morgan fingerprint density at radius 2 is 1.50 bits per heavy atom. The number of ether oxygens (including phenoxy) is 2. The Kier molecular flexibility index (Phi) is 4.18. The van der Waals surface area contributed by atoms with Gasteiger partial charge in [0.1, 0.15) is 6.10 Å². The van der Waals surface area contributed by atoms with Crippen LogP contribution in [0.25, 0.3) is 0 Å². The number of alkyl halides is 6. The lowest BCUT2D eigenvalue weighted by Gasteiger charge is -2.44. The second-order valence-corrected chi connectivity index (χ2v) is 9.86. The highest BCUT2D eigenvalue weighted by molar-refractivity contribution is 5.12. The van der Waals surface area contributed by atoms with Gasteiger partial charge in [-0.2, -0.15) is 26.3 Å². The summed E-state index contributed by atoms with van der Waals surface area (Å²) >= 11 is 0. The van der Waals surface area contributed by atoms with E-state index in [9.17, 15) is 26.3 Å². The Bertz CT molecular complexity index is 613. The number of hydrogen-bond acceptors (Lipinski definition) is 2.